The maximum atomic E-state index is 12.7. The van der Waals surface area contributed by atoms with Crippen LogP contribution >= 0.6 is 0 Å². The van der Waals surface area contributed by atoms with Crippen molar-refractivity contribution >= 4 is 29.4 Å². The largest absolute Gasteiger partial charge is 0.491 e. The number of carbonyl (C=O) groups is 4. The van der Waals surface area contributed by atoms with Crippen LogP contribution in [0.5, 0.6) is 5.75 Å². The molecule has 0 saturated carbocycles. The van der Waals surface area contributed by atoms with Gasteiger partial charge in [0.2, 0.25) is 11.8 Å². The van der Waals surface area contributed by atoms with E-state index in [9.17, 15) is 24.3 Å². The zero-order valence-electron chi connectivity index (χ0n) is 17.4. The molecule has 0 unspecified atom stereocenters. The van der Waals surface area contributed by atoms with Crippen molar-refractivity contribution in [3.63, 3.8) is 0 Å². The topological polar surface area (TPSA) is 116 Å². The fourth-order valence-corrected chi connectivity index (χ4v) is 4.19. The normalized spacial score (nSPS) is 25.6. The summed E-state index contributed by atoms with van der Waals surface area (Å²) in [7, 11) is 0. The predicted octanol–water partition coefficient (Wildman–Crippen LogP) is 1.21. The Morgan fingerprint density at radius 3 is 2.16 bits per heavy atom. The molecule has 2 aliphatic heterocycles. The van der Waals surface area contributed by atoms with Crippen molar-refractivity contribution in [1.29, 1.82) is 0 Å². The smallest absolute Gasteiger partial charge is 0.325 e. The van der Waals surface area contributed by atoms with Gasteiger partial charge in [0, 0.05) is 0 Å². The molecule has 3 atom stereocenters. The Morgan fingerprint density at radius 1 is 1.06 bits per heavy atom. The number of ether oxygens (including phenoxy) is 1. The van der Waals surface area contributed by atoms with Gasteiger partial charge < -0.3 is 15.2 Å². The van der Waals surface area contributed by atoms with E-state index in [1.807, 2.05) is 12.2 Å². The second-order valence-corrected chi connectivity index (χ2v) is 8.60. The third-order valence-electron chi connectivity index (χ3n) is 5.88. The average Bonchev–Trinajstić information content (AvgIpc) is 3.11. The summed E-state index contributed by atoms with van der Waals surface area (Å²) in [6.45, 7) is 2.88. The van der Waals surface area contributed by atoms with Crippen molar-refractivity contribution in [2.75, 3.05) is 18.1 Å². The molecule has 9 heteroatoms. The second-order valence-electron chi connectivity index (χ2n) is 8.60. The van der Waals surface area contributed by atoms with E-state index in [4.69, 9.17) is 4.74 Å². The number of amides is 5. The summed E-state index contributed by atoms with van der Waals surface area (Å²) in [4.78, 5) is 51.6. The molecule has 2 N–H and O–H groups in total. The van der Waals surface area contributed by atoms with Gasteiger partial charge in [-0.25, -0.2) is 4.79 Å². The Balaban J connectivity index is 1.34. The molecule has 2 fully saturated rings. The first kappa shape index (κ1) is 21.0. The molecule has 1 aromatic carbocycles. The first-order chi connectivity index (χ1) is 14.7. The Hall–Kier alpha value is -3.20. The van der Waals surface area contributed by atoms with E-state index in [-0.39, 0.29) is 36.8 Å². The molecular formula is C22H25N3O6. The second kappa shape index (κ2) is 7.81. The number of fused-ring (bicyclic) bond motifs is 1. The average molecular weight is 427 g/mol. The molecule has 1 aliphatic carbocycles. The molecule has 4 rings (SSSR count). The quantitative estimate of drug-likeness (QED) is 0.401. The molecule has 0 radical (unpaired) electrons. The number of hydrogen-bond donors (Lipinski definition) is 2. The summed E-state index contributed by atoms with van der Waals surface area (Å²) in [6.07, 6.45) is 3.98. The van der Waals surface area contributed by atoms with Crippen LogP contribution in [0.1, 0.15) is 26.7 Å². The van der Waals surface area contributed by atoms with Gasteiger partial charge in [-0.05, 0) is 51.0 Å². The van der Waals surface area contributed by atoms with Crippen LogP contribution in [0.25, 0.3) is 0 Å². The Labute approximate surface area is 179 Å². The summed E-state index contributed by atoms with van der Waals surface area (Å²) in [6, 6.07) is 5.93. The van der Waals surface area contributed by atoms with Crippen LogP contribution in [-0.4, -0.2) is 58.6 Å². The standard InChI is InChI=1S/C22H25N3O6/c1-22(2)20(29)24(21(30)23-22)11-14(26)12-31-15-9-7-13(8-10-15)25-18(27)16-5-3-4-6-17(16)19(25)28/h3-4,7-10,14,16-17,26H,5-6,11-12H2,1-2H3,(H,23,30)/t14-,16-,17+/m0/s1. The third-order valence-corrected chi connectivity index (χ3v) is 5.88. The van der Waals surface area contributed by atoms with Gasteiger partial charge >= 0.3 is 6.03 Å². The van der Waals surface area contributed by atoms with Crippen molar-refractivity contribution in [2.24, 2.45) is 11.8 Å². The number of nitrogens with one attached hydrogen (secondary N) is 1. The van der Waals surface area contributed by atoms with Crippen LogP contribution in [-0.2, 0) is 14.4 Å². The number of anilines is 1. The summed E-state index contributed by atoms with van der Waals surface area (Å²) >= 11 is 0. The van der Waals surface area contributed by atoms with E-state index in [0.29, 0.717) is 24.3 Å². The number of benzene rings is 1. The number of allylic oxidation sites excluding steroid dienone is 2. The first-order valence-corrected chi connectivity index (χ1v) is 10.3. The highest BCUT2D eigenvalue weighted by atomic mass is 16.5. The van der Waals surface area contributed by atoms with E-state index >= 15 is 0 Å². The van der Waals surface area contributed by atoms with Crippen molar-refractivity contribution in [3.8, 4) is 5.75 Å². The van der Waals surface area contributed by atoms with E-state index in [0.717, 1.165) is 4.90 Å². The molecule has 31 heavy (non-hydrogen) atoms. The lowest BCUT2D eigenvalue weighted by atomic mass is 9.85. The molecule has 164 valence electrons. The number of imide groups is 2. The van der Waals surface area contributed by atoms with Crippen LogP contribution in [0.3, 0.4) is 0 Å². The maximum absolute atomic E-state index is 12.7. The molecular weight excluding hydrogens is 402 g/mol. The predicted molar refractivity (Wildman–Crippen MR) is 110 cm³/mol. The Morgan fingerprint density at radius 2 is 1.65 bits per heavy atom. The number of urea groups is 1. The number of rotatable bonds is 6. The maximum Gasteiger partial charge on any atom is 0.325 e. The SMILES string of the molecule is CC1(C)NC(=O)N(C[C@H](O)COc2ccc(N3C(=O)[C@H]4CC=CC[C@H]4C3=O)cc2)C1=O. The van der Waals surface area contributed by atoms with E-state index in [2.05, 4.69) is 5.32 Å². The minimum Gasteiger partial charge on any atom is -0.491 e. The highest BCUT2D eigenvalue weighted by molar-refractivity contribution is 6.22. The van der Waals surface area contributed by atoms with Crippen LogP contribution in [0.4, 0.5) is 10.5 Å². The van der Waals surface area contributed by atoms with Gasteiger partial charge in [0.15, 0.2) is 0 Å². The Kier molecular flexibility index (Phi) is 5.30. The van der Waals surface area contributed by atoms with Gasteiger partial charge in [0.05, 0.1) is 24.1 Å². The number of β-amino-alcohol motifs (C(OH)–C–C–N with tert-alkyl or cyclic N) is 1. The lowest BCUT2D eigenvalue weighted by Gasteiger charge is -2.20. The number of aliphatic hydroxyl groups excluding tert-OH is 1. The van der Waals surface area contributed by atoms with Gasteiger partial charge in [-0.2, -0.15) is 0 Å². The lowest BCUT2D eigenvalue weighted by molar-refractivity contribution is -0.131. The molecule has 0 spiro atoms. The van der Waals surface area contributed by atoms with Crippen LogP contribution in [0, 0.1) is 11.8 Å². The molecule has 3 aliphatic rings. The fourth-order valence-electron chi connectivity index (χ4n) is 4.19. The molecule has 2 heterocycles. The first-order valence-electron chi connectivity index (χ1n) is 10.3. The van der Waals surface area contributed by atoms with Crippen molar-refractivity contribution in [2.45, 2.75) is 38.3 Å². The van der Waals surface area contributed by atoms with Gasteiger partial charge in [0.25, 0.3) is 5.91 Å². The highest BCUT2D eigenvalue weighted by Crippen LogP contribution is 2.37. The van der Waals surface area contributed by atoms with Crippen LogP contribution in [0.2, 0.25) is 0 Å². The van der Waals surface area contributed by atoms with Crippen molar-refractivity contribution < 1.29 is 29.0 Å². The zero-order valence-corrected chi connectivity index (χ0v) is 17.4. The van der Waals surface area contributed by atoms with E-state index in [1.165, 1.54) is 4.90 Å². The van der Waals surface area contributed by atoms with Gasteiger partial charge in [0.1, 0.15) is 24.0 Å². The monoisotopic (exact) mass is 427 g/mol. The highest BCUT2D eigenvalue weighted by Gasteiger charge is 2.48. The van der Waals surface area contributed by atoms with Gasteiger partial charge in [-0.3, -0.25) is 24.2 Å². The molecule has 1 aromatic rings. The van der Waals surface area contributed by atoms with Crippen molar-refractivity contribution in [1.82, 2.24) is 10.2 Å². The van der Waals surface area contributed by atoms with Gasteiger partial charge in [-0.1, -0.05) is 12.2 Å². The summed E-state index contributed by atoms with van der Waals surface area (Å²) < 4.78 is 5.55. The van der Waals surface area contributed by atoms with Gasteiger partial charge in [-0.15, -0.1) is 0 Å². The molecule has 0 bridgehead atoms. The van der Waals surface area contributed by atoms with Crippen molar-refractivity contribution in [3.05, 3.63) is 36.4 Å². The number of aliphatic hydroxyl groups is 1. The Bertz CT molecular complexity index is 928. The van der Waals surface area contributed by atoms with Crippen LogP contribution in [0.15, 0.2) is 36.4 Å². The minimum atomic E-state index is -1.07. The lowest BCUT2D eigenvalue weighted by Crippen LogP contribution is -2.42. The minimum absolute atomic E-state index is 0.131. The number of carbonyl (C=O) groups excluding carboxylic acids is 4. The summed E-state index contributed by atoms with van der Waals surface area (Å²) in [5, 5.41) is 12.7. The summed E-state index contributed by atoms with van der Waals surface area (Å²) in [5.41, 5.74) is -0.509. The number of hydrogen-bond acceptors (Lipinski definition) is 6. The molecule has 2 saturated heterocycles. The molecule has 9 nitrogen and oxygen atoms in total. The van der Waals surface area contributed by atoms with E-state index in [1.54, 1.807) is 38.1 Å². The third kappa shape index (κ3) is 3.81. The zero-order chi connectivity index (χ0) is 22.3. The number of nitrogens with zero attached hydrogens (tertiary/aromatic N) is 2. The van der Waals surface area contributed by atoms with E-state index < -0.39 is 23.6 Å². The summed E-state index contributed by atoms with van der Waals surface area (Å²) in [5.74, 6) is -0.923. The fraction of sp³-hybridized carbons (Fsp3) is 0.455. The molecule has 5 amide bonds. The molecule has 0 aromatic heterocycles. The van der Waals surface area contributed by atoms with Crippen LogP contribution < -0.4 is 15.0 Å².